The van der Waals surface area contributed by atoms with Crippen molar-refractivity contribution in [2.75, 3.05) is 0 Å². The second kappa shape index (κ2) is 8.15. The minimum absolute atomic E-state index is 0.196. The van der Waals surface area contributed by atoms with Gasteiger partial charge in [-0.05, 0) is 74.3 Å². The molecule has 0 nitrogen and oxygen atoms in total. The van der Waals surface area contributed by atoms with Gasteiger partial charge in [0.25, 0.3) is 0 Å². The van der Waals surface area contributed by atoms with Gasteiger partial charge in [0.1, 0.15) is 0 Å². The fraction of sp³-hybridized carbons (Fsp3) is 0.545. The van der Waals surface area contributed by atoms with Crippen molar-refractivity contribution in [3.8, 4) is 0 Å². The first-order valence-electron chi connectivity index (χ1n) is 9.50. The van der Waals surface area contributed by atoms with Gasteiger partial charge in [-0.25, -0.2) is 0 Å². The molecule has 2 rings (SSSR count). The molecule has 1 aromatic rings. The molecule has 0 spiro atoms. The van der Waals surface area contributed by atoms with Gasteiger partial charge in [-0.1, -0.05) is 61.7 Å². The van der Waals surface area contributed by atoms with Crippen LogP contribution < -0.4 is 5.19 Å². The normalized spacial score (nSPS) is 18.8. The SMILES string of the molecule is CCCC1=C(C)C(C)=C(C)C1C[SiH2]c1cc(CC)cc(CC)c1. The van der Waals surface area contributed by atoms with Gasteiger partial charge in [0.05, 0.1) is 9.52 Å². The molecule has 23 heavy (non-hydrogen) atoms. The Bertz CT molecular complexity index is 597. The van der Waals surface area contributed by atoms with E-state index in [2.05, 4.69) is 59.7 Å². The highest BCUT2D eigenvalue weighted by Crippen LogP contribution is 2.41. The smallest absolute Gasteiger partial charge is 0.0556 e. The molecule has 126 valence electrons. The highest BCUT2D eigenvalue weighted by molar-refractivity contribution is 6.53. The van der Waals surface area contributed by atoms with E-state index in [9.17, 15) is 0 Å². The summed E-state index contributed by atoms with van der Waals surface area (Å²) in [7, 11) is -0.196. The molecule has 1 aliphatic rings. The van der Waals surface area contributed by atoms with Crippen LogP contribution in [0.1, 0.15) is 65.5 Å². The Morgan fingerprint density at radius 2 is 1.48 bits per heavy atom. The van der Waals surface area contributed by atoms with E-state index in [1.165, 1.54) is 30.0 Å². The molecule has 1 unspecified atom stereocenters. The molecule has 1 aliphatic carbocycles. The van der Waals surface area contributed by atoms with Crippen LogP contribution in [0.25, 0.3) is 0 Å². The molecule has 0 aromatic heterocycles. The van der Waals surface area contributed by atoms with E-state index in [1.54, 1.807) is 27.5 Å². The van der Waals surface area contributed by atoms with Crippen molar-refractivity contribution in [1.29, 1.82) is 0 Å². The van der Waals surface area contributed by atoms with E-state index in [1.807, 2.05) is 0 Å². The van der Waals surface area contributed by atoms with Crippen molar-refractivity contribution in [3.63, 3.8) is 0 Å². The summed E-state index contributed by atoms with van der Waals surface area (Å²) in [6, 6.07) is 8.78. The molecule has 0 fully saturated rings. The molecule has 0 bridgehead atoms. The van der Waals surface area contributed by atoms with Crippen LogP contribution >= 0.6 is 0 Å². The largest absolute Gasteiger partial charge is 0.0663 e. The standard InChI is InChI=1S/C22H34Si/c1-7-10-21-16(5)15(4)17(6)22(21)14-23-20-12-18(8-2)11-19(9-3)13-20/h11-13,22H,7-10,14,23H2,1-6H3. The Morgan fingerprint density at radius 1 is 0.870 bits per heavy atom. The number of hydrogen-bond acceptors (Lipinski definition) is 0. The summed E-state index contributed by atoms with van der Waals surface area (Å²) in [5.74, 6) is 0.747. The third kappa shape index (κ3) is 4.06. The summed E-state index contributed by atoms with van der Waals surface area (Å²) >= 11 is 0. The quantitative estimate of drug-likeness (QED) is 0.611. The second-order valence-electron chi connectivity index (χ2n) is 7.16. The predicted octanol–water partition coefficient (Wildman–Crippen LogP) is 5.11. The van der Waals surface area contributed by atoms with Crippen molar-refractivity contribution in [1.82, 2.24) is 0 Å². The first-order chi connectivity index (χ1) is 11.0. The fourth-order valence-corrected chi connectivity index (χ4v) is 6.26. The van der Waals surface area contributed by atoms with Gasteiger partial charge in [-0.2, -0.15) is 0 Å². The molecule has 1 aromatic carbocycles. The molecular weight excluding hydrogens is 292 g/mol. The lowest BCUT2D eigenvalue weighted by Crippen LogP contribution is -2.19. The maximum atomic E-state index is 2.49. The second-order valence-corrected chi connectivity index (χ2v) is 9.06. The van der Waals surface area contributed by atoms with Crippen molar-refractivity contribution in [2.24, 2.45) is 5.92 Å². The minimum Gasteiger partial charge on any atom is -0.0663 e. The zero-order chi connectivity index (χ0) is 17.0. The predicted molar refractivity (Wildman–Crippen MR) is 108 cm³/mol. The van der Waals surface area contributed by atoms with E-state index < -0.39 is 0 Å². The summed E-state index contributed by atoms with van der Waals surface area (Å²) in [5, 5.41) is 1.67. The molecule has 1 atom stereocenters. The summed E-state index contributed by atoms with van der Waals surface area (Å²) in [6.45, 7) is 13.9. The topological polar surface area (TPSA) is 0 Å². The number of hydrogen-bond donors (Lipinski definition) is 0. The third-order valence-corrected chi connectivity index (χ3v) is 7.60. The molecule has 0 heterocycles. The average Bonchev–Trinajstić information content (AvgIpc) is 2.77. The van der Waals surface area contributed by atoms with Gasteiger partial charge < -0.3 is 0 Å². The van der Waals surface area contributed by atoms with E-state index in [4.69, 9.17) is 0 Å². The lowest BCUT2D eigenvalue weighted by molar-refractivity contribution is 0.733. The molecule has 1 heteroatoms. The van der Waals surface area contributed by atoms with E-state index in [-0.39, 0.29) is 9.52 Å². The number of benzene rings is 1. The Balaban J connectivity index is 2.17. The Kier molecular flexibility index (Phi) is 6.47. The Morgan fingerprint density at radius 3 is 2.00 bits per heavy atom. The van der Waals surface area contributed by atoms with Crippen LogP contribution in [0.2, 0.25) is 6.04 Å². The molecule has 0 saturated carbocycles. The molecule has 0 radical (unpaired) electrons. The minimum atomic E-state index is -0.196. The van der Waals surface area contributed by atoms with Gasteiger partial charge in [-0.15, -0.1) is 0 Å². The Labute approximate surface area is 145 Å². The number of aryl methyl sites for hydroxylation is 2. The Hall–Kier alpha value is -1.08. The summed E-state index contributed by atoms with van der Waals surface area (Å²) in [4.78, 5) is 0. The number of rotatable bonds is 7. The molecule has 0 aliphatic heterocycles. The zero-order valence-corrected chi connectivity index (χ0v) is 17.5. The maximum Gasteiger partial charge on any atom is 0.0556 e. The third-order valence-electron chi connectivity index (χ3n) is 5.75. The van der Waals surface area contributed by atoms with Gasteiger partial charge in [0, 0.05) is 0 Å². The average molecular weight is 327 g/mol. The van der Waals surface area contributed by atoms with Gasteiger partial charge in [0.15, 0.2) is 0 Å². The fourth-order valence-electron chi connectivity index (χ4n) is 4.05. The van der Waals surface area contributed by atoms with E-state index in [0.717, 1.165) is 18.8 Å². The zero-order valence-electron chi connectivity index (χ0n) is 16.1. The molecular formula is C22H34Si. The van der Waals surface area contributed by atoms with Crippen molar-refractivity contribution in [3.05, 3.63) is 51.6 Å². The van der Waals surface area contributed by atoms with Gasteiger partial charge in [-0.3, -0.25) is 0 Å². The van der Waals surface area contributed by atoms with Gasteiger partial charge >= 0.3 is 0 Å². The summed E-state index contributed by atoms with van der Waals surface area (Å²) < 4.78 is 0. The van der Waals surface area contributed by atoms with E-state index >= 15 is 0 Å². The van der Waals surface area contributed by atoms with Crippen LogP contribution in [0.3, 0.4) is 0 Å². The first kappa shape index (κ1) is 18.3. The van der Waals surface area contributed by atoms with Crippen molar-refractivity contribution < 1.29 is 0 Å². The lowest BCUT2D eigenvalue weighted by atomic mass is 9.94. The maximum absolute atomic E-state index is 2.49. The van der Waals surface area contributed by atoms with Crippen molar-refractivity contribution >= 4 is 14.7 Å². The van der Waals surface area contributed by atoms with Crippen LogP contribution in [0.15, 0.2) is 40.5 Å². The molecule has 0 saturated heterocycles. The van der Waals surface area contributed by atoms with Crippen LogP contribution in [0.4, 0.5) is 0 Å². The summed E-state index contributed by atoms with van der Waals surface area (Å²) in [6.07, 6.45) is 4.89. The van der Waals surface area contributed by atoms with Crippen LogP contribution in [0, 0.1) is 5.92 Å². The monoisotopic (exact) mass is 326 g/mol. The van der Waals surface area contributed by atoms with Crippen LogP contribution in [0.5, 0.6) is 0 Å². The lowest BCUT2D eigenvalue weighted by Gasteiger charge is -2.18. The number of allylic oxidation sites excluding steroid dienone is 4. The first-order valence-corrected chi connectivity index (χ1v) is 11.2. The molecule has 0 N–H and O–H groups in total. The van der Waals surface area contributed by atoms with Gasteiger partial charge in [0.2, 0.25) is 0 Å². The summed E-state index contributed by atoms with van der Waals surface area (Å²) in [5.41, 5.74) is 9.63. The highest BCUT2D eigenvalue weighted by Gasteiger charge is 2.26. The van der Waals surface area contributed by atoms with E-state index in [0.29, 0.717) is 0 Å². The van der Waals surface area contributed by atoms with Crippen LogP contribution in [-0.2, 0) is 12.8 Å². The molecule has 0 amide bonds. The van der Waals surface area contributed by atoms with Crippen LogP contribution in [-0.4, -0.2) is 9.52 Å². The van der Waals surface area contributed by atoms with Crippen molar-refractivity contribution in [2.45, 2.75) is 73.3 Å². The highest BCUT2D eigenvalue weighted by atomic mass is 28.2.